The van der Waals surface area contributed by atoms with Crippen LogP contribution in [0, 0.1) is 6.92 Å². The van der Waals surface area contributed by atoms with Crippen LogP contribution in [0.2, 0.25) is 0 Å². The summed E-state index contributed by atoms with van der Waals surface area (Å²) in [5.41, 5.74) is 12.8. The molecule has 5 unspecified atom stereocenters. The van der Waals surface area contributed by atoms with Gasteiger partial charge in [-0.1, -0.05) is 91.1 Å². The van der Waals surface area contributed by atoms with E-state index in [1.807, 2.05) is 0 Å². The van der Waals surface area contributed by atoms with Gasteiger partial charge in [-0.3, -0.25) is 9.88 Å². The predicted octanol–water partition coefficient (Wildman–Crippen LogP) is 8.24. The molecule has 0 saturated heterocycles. The van der Waals surface area contributed by atoms with E-state index in [4.69, 9.17) is 9.72 Å². The van der Waals surface area contributed by atoms with Crippen molar-refractivity contribution < 1.29 is 4.74 Å². The van der Waals surface area contributed by atoms with Gasteiger partial charge in [0.25, 0.3) is 0 Å². The van der Waals surface area contributed by atoms with Crippen molar-refractivity contribution in [1.29, 1.82) is 0 Å². The number of nitrogens with zero attached hydrogens (tertiary/aromatic N) is 4. The second kappa shape index (κ2) is 9.83. The lowest BCUT2D eigenvalue weighted by Crippen LogP contribution is -2.44. The molecule has 5 heterocycles. The molecular formula is C39H38N4O. The average molecular weight is 579 g/mol. The quantitative estimate of drug-likeness (QED) is 0.292. The second-order valence-corrected chi connectivity index (χ2v) is 13.0. The Morgan fingerprint density at radius 1 is 0.932 bits per heavy atom. The largest absolute Gasteiger partial charge is 0.473 e. The van der Waals surface area contributed by atoms with E-state index in [1.54, 1.807) is 0 Å². The maximum Gasteiger partial charge on any atom is 0.163 e. The van der Waals surface area contributed by atoms with Gasteiger partial charge in [-0.15, -0.1) is 0 Å². The minimum absolute atomic E-state index is 0.00168. The molecule has 1 aromatic heterocycles. The summed E-state index contributed by atoms with van der Waals surface area (Å²) >= 11 is 0. The van der Waals surface area contributed by atoms with Crippen molar-refractivity contribution in [3.63, 3.8) is 0 Å². The molecule has 0 fully saturated rings. The van der Waals surface area contributed by atoms with Crippen LogP contribution in [-0.4, -0.2) is 34.1 Å². The molecule has 0 saturated carbocycles. The summed E-state index contributed by atoms with van der Waals surface area (Å²) < 4.78 is 7.05. The fourth-order valence-corrected chi connectivity index (χ4v) is 8.41. The smallest absolute Gasteiger partial charge is 0.163 e. The van der Waals surface area contributed by atoms with Crippen molar-refractivity contribution in [3.8, 4) is 16.9 Å². The molecule has 5 nitrogen and oxygen atoms in total. The average Bonchev–Trinajstić information content (AvgIpc) is 3.73. The van der Waals surface area contributed by atoms with Gasteiger partial charge in [-0.2, -0.15) is 0 Å². The number of pyridine rings is 1. The van der Waals surface area contributed by atoms with Crippen LogP contribution < -0.4 is 9.64 Å². The summed E-state index contributed by atoms with van der Waals surface area (Å²) in [7, 11) is 2.19. The predicted molar refractivity (Wildman–Crippen MR) is 176 cm³/mol. The lowest BCUT2D eigenvalue weighted by Gasteiger charge is -2.36. The molecule has 3 aromatic rings. The van der Waals surface area contributed by atoms with E-state index in [0.29, 0.717) is 12.0 Å². The van der Waals surface area contributed by atoms with Crippen LogP contribution in [0.4, 0.5) is 5.69 Å². The molecule has 6 aliphatic rings. The fourth-order valence-electron chi connectivity index (χ4n) is 8.41. The molecule has 0 N–H and O–H groups in total. The standard InChI is InChI=1S/C39H38N4O/c1-24-21-22-30-34-25(2)40-31-23-42-32-19-10-11-20-33(32)43(38(42)35(31)37(34)44-39(30)41(24)3)36-28(26-13-6-4-7-14-26)17-12-18-29(36)27-15-8-5-9-16-27/h4-10,12-15,17-19,21-22,24,27,30,38-39H,11,16,20,23H2,1-3H3. The van der Waals surface area contributed by atoms with Crippen LogP contribution in [0.15, 0.2) is 109 Å². The molecule has 0 bridgehead atoms. The fraction of sp³-hybridized carbons (Fsp3) is 0.308. The van der Waals surface area contributed by atoms with Crippen LogP contribution in [-0.2, 0) is 6.54 Å². The van der Waals surface area contributed by atoms with Gasteiger partial charge in [0.05, 0.1) is 35.1 Å². The summed E-state index contributed by atoms with van der Waals surface area (Å²) in [5.74, 6) is 1.58. The van der Waals surface area contributed by atoms with Gasteiger partial charge in [-0.25, -0.2) is 0 Å². The first-order valence-corrected chi connectivity index (χ1v) is 16.2. The molecule has 44 heavy (non-hydrogen) atoms. The van der Waals surface area contributed by atoms with E-state index in [-0.39, 0.29) is 18.3 Å². The number of anilines is 1. The summed E-state index contributed by atoms with van der Waals surface area (Å²) in [5, 5.41) is 0. The van der Waals surface area contributed by atoms with Gasteiger partial charge in [0.1, 0.15) is 11.9 Å². The highest BCUT2D eigenvalue weighted by atomic mass is 16.5. The normalized spacial score (nSPS) is 27.8. The number of hydrogen-bond donors (Lipinski definition) is 0. The Hall–Kier alpha value is -4.35. The highest BCUT2D eigenvalue weighted by molar-refractivity contribution is 5.85. The SMILES string of the molecule is Cc1nc2c(c3c1C1C=CC(C)N(C)C1O3)C1N(C2)C2=C(CCC=C2)N1c1c(-c2ccccc2)cccc1C1C=CC=CC1. The van der Waals surface area contributed by atoms with Crippen molar-refractivity contribution in [2.24, 2.45) is 0 Å². The molecule has 9 rings (SSSR count). The topological polar surface area (TPSA) is 31.8 Å². The maximum absolute atomic E-state index is 7.05. The number of aromatic nitrogens is 1. The van der Waals surface area contributed by atoms with Gasteiger partial charge in [0.2, 0.25) is 0 Å². The monoisotopic (exact) mass is 578 g/mol. The molecule has 2 aliphatic carbocycles. The third-order valence-corrected chi connectivity index (χ3v) is 10.6. The number of ether oxygens (including phenoxy) is 1. The number of rotatable bonds is 3. The highest BCUT2D eigenvalue weighted by Gasteiger charge is 2.51. The van der Waals surface area contributed by atoms with E-state index in [1.165, 1.54) is 44.9 Å². The van der Waals surface area contributed by atoms with Crippen LogP contribution in [0.3, 0.4) is 0 Å². The van der Waals surface area contributed by atoms with Gasteiger partial charge in [0, 0.05) is 34.5 Å². The van der Waals surface area contributed by atoms with E-state index in [9.17, 15) is 0 Å². The van der Waals surface area contributed by atoms with Crippen LogP contribution in [0.1, 0.15) is 72.3 Å². The van der Waals surface area contributed by atoms with Crippen molar-refractivity contribution in [2.45, 2.75) is 69.9 Å². The van der Waals surface area contributed by atoms with E-state index in [0.717, 1.165) is 42.9 Å². The molecule has 5 heteroatoms. The van der Waals surface area contributed by atoms with E-state index >= 15 is 0 Å². The molecule has 220 valence electrons. The Bertz CT molecular complexity index is 1830. The van der Waals surface area contributed by atoms with Crippen molar-refractivity contribution >= 4 is 5.69 Å². The lowest BCUT2D eigenvalue weighted by molar-refractivity contribution is 0.0316. The Balaban J connectivity index is 1.28. The number of fused-ring (bicyclic) bond motifs is 8. The van der Waals surface area contributed by atoms with Crippen molar-refractivity contribution in [2.75, 3.05) is 11.9 Å². The number of allylic oxidation sites excluding steroid dienone is 7. The zero-order valence-electron chi connectivity index (χ0n) is 25.6. The summed E-state index contributed by atoms with van der Waals surface area (Å²) in [6.07, 6.45) is 21.5. The minimum atomic E-state index is -0.00490. The Labute approximate surface area is 260 Å². The van der Waals surface area contributed by atoms with Gasteiger partial charge in [0.15, 0.2) is 6.23 Å². The molecule has 5 atom stereocenters. The first-order valence-electron chi connectivity index (χ1n) is 16.2. The first kappa shape index (κ1) is 26.1. The molecule has 0 radical (unpaired) electrons. The number of likely N-dealkylation sites (N-methyl/N-ethyl adjacent to an activating group) is 1. The summed E-state index contributed by atoms with van der Waals surface area (Å²) in [6, 6.07) is 18.2. The van der Waals surface area contributed by atoms with E-state index in [2.05, 4.69) is 133 Å². The molecular weight excluding hydrogens is 540 g/mol. The Morgan fingerprint density at radius 3 is 2.66 bits per heavy atom. The molecule has 2 aromatic carbocycles. The number of benzene rings is 2. The van der Waals surface area contributed by atoms with Crippen molar-refractivity contribution in [3.05, 3.63) is 137 Å². The number of para-hydroxylation sites is 1. The summed E-state index contributed by atoms with van der Waals surface area (Å²) in [4.78, 5) is 13.0. The molecule has 0 spiro atoms. The second-order valence-electron chi connectivity index (χ2n) is 13.0. The highest BCUT2D eigenvalue weighted by Crippen LogP contribution is 2.59. The Kier molecular flexibility index (Phi) is 5.83. The van der Waals surface area contributed by atoms with Gasteiger partial charge >= 0.3 is 0 Å². The van der Waals surface area contributed by atoms with Crippen molar-refractivity contribution in [1.82, 2.24) is 14.8 Å². The zero-order chi connectivity index (χ0) is 29.5. The summed E-state index contributed by atoms with van der Waals surface area (Å²) in [6.45, 7) is 5.22. The number of hydrogen-bond acceptors (Lipinski definition) is 5. The third kappa shape index (κ3) is 3.65. The van der Waals surface area contributed by atoms with Gasteiger partial charge < -0.3 is 14.5 Å². The zero-order valence-corrected chi connectivity index (χ0v) is 25.6. The molecule has 4 aliphatic heterocycles. The van der Waals surface area contributed by atoms with Crippen LogP contribution in [0.25, 0.3) is 11.1 Å². The van der Waals surface area contributed by atoms with E-state index < -0.39 is 0 Å². The lowest BCUT2D eigenvalue weighted by atomic mass is 9.87. The minimum Gasteiger partial charge on any atom is -0.473 e. The Morgan fingerprint density at radius 2 is 1.82 bits per heavy atom. The number of aryl methyl sites for hydroxylation is 1. The maximum atomic E-state index is 7.05. The van der Waals surface area contributed by atoms with Crippen LogP contribution >= 0.6 is 0 Å². The third-order valence-electron chi connectivity index (χ3n) is 10.6. The first-order chi connectivity index (χ1) is 21.6. The van der Waals surface area contributed by atoms with Crippen LogP contribution in [0.5, 0.6) is 5.75 Å². The molecule has 0 amide bonds. The van der Waals surface area contributed by atoms with Gasteiger partial charge in [-0.05, 0) is 57.4 Å².